The summed E-state index contributed by atoms with van der Waals surface area (Å²) < 4.78 is 66.6. The molecule has 1 heterocycles. The van der Waals surface area contributed by atoms with Crippen molar-refractivity contribution in [1.29, 1.82) is 0 Å². The lowest BCUT2D eigenvalue weighted by Crippen LogP contribution is -2.30. The predicted octanol–water partition coefficient (Wildman–Crippen LogP) is 1.61. The summed E-state index contributed by atoms with van der Waals surface area (Å²) in [5, 5.41) is 12.2. The van der Waals surface area contributed by atoms with Crippen LogP contribution in [0.25, 0.3) is 0 Å². The van der Waals surface area contributed by atoms with Crippen LogP contribution in [-0.2, 0) is 26.6 Å². The van der Waals surface area contributed by atoms with Gasteiger partial charge in [-0.25, -0.2) is 26.3 Å². The van der Waals surface area contributed by atoms with Crippen molar-refractivity contribution in [1.82, 2.24) is 10.2 Å². The zero-order chi connectivity index (χ0) is 23.5. The van der Waals surface area contributed by atoms with Gasteiger partial charge in [-0.3, -0.25) is 0 Å². The molecule has 0 saturated heterocycles. The molecule has 2 aromatic carbocycles. The average Bonchev–Trinajstić information content (AvgIpc) is 3.27. The van der Waals surface area contributed by atoms with Crippen LogP contribution in [0.3, 0.4) is 0 Å². The highest BCUT2D eigenvalue weighted by atomic mass is 32.2. The number of primary sulfonamides is 1. The van der Waals surface area contributed by atoms with Gasteiger partial charge in [-0.2, -0.15) is 0 Å². The third-order valence-corrected chi connectivity index (χ3v) is 8.36. The van der Waals surface area contributed by atoms with E-state index in [-0.39, 0.29) is 16.6 Å². The van der Waals surface area contributed by atoms with Crippen LogP contribution in [0.4, 0.5) is 5.13 Å². The minimum atomic E-state index is -4.16. The molecule has 0 fully saturated rings. The molecule has 0 spiro atoms. The van der Waals surface area contributed by atoms with Crippen LogP contribution in [0.15, 0.2) is 51.7 Å². The average molecular weight is 501 g/mol. The van der Waals surface area contributed by atoms with Crippen molar-refractivity contribution in [2.45, 2.75) is 15.8 Å². The molecule has 14 heteroatoms. The van der Waals surface area contributed by atoms with E-state index in [1.54, 1.807) is 30.3 Å². The summed E-state index contributed by atoms with van der Waals surface area (Å²) in [6.07, 6.45) is 0. The number of hydrogen-bond acceptors (Lipinski definition) is 10. The second-order valence-corrected chi connectivity index (χ2v) is 10.8. The summed E-state index contributed by atoms with van der Waals surface area (Å²) in [6.45, 7) is -0.229. The van der Waals surface area contributed by atoms with E-state index in [0.717, 1.165) is 4.31 Å². The Morgan fingerprint density at radius 1 is 0.938 bits per heavy atom. The van der Waals surface area contributed by atoms with Gasteiger partial charge in [-0.05, 0) is 29.8 Å². The van der Waals surface area contributed by atoms with Crippen LogP contribution in [-0.4, -0.2) is 48.4 Å². The molecule has 0 aliphatic carbocycles. The molecule has 1 aromatic heterocycles. The Hall–Kier alpha value is -2.94. The van der Waals surface area contributed by atoms with Gasteiger partial charge in [0, 0.05) is 0 Å². The van der Waals surface area contributed by atoms with Crippen molar-refractivity contribution in [3.63, 3.8) is 0 Å². The van der Waals surface area contributed by atoms with Gasteiger partial charge < -0.3 is 14.2 Å². The van der Waals surface area contributed by atoms with E-state index in [1.807, 2.05) is 0 Å². The van der Waals surface area contributed by atoms with Gasteiger partial charge in [0.2, 0.25) is 15.2 Å². The zero-order valence-corrected chi connectivity index (χ0v) is 19.7. The van der Waals surface area contributed by atoms with E-state index < -0.39 is 24.4 Å². The van der Waals surface area contributed by atoms with Crippen molar-refractivity contribution in [3.8, 4) is 17.2 Å². The number of ether oxygens (including phenoxy) is 3. The van der Waals surface area contributed by atoms with Crippen molar-refractivity contribution in [2.24, 2.45) is 5.14 Å². The highest BCUT2D eigenvalue weighted by molar-refractivity contribution is 7.93. The van der Waals surface area contributed by atoms with Gasteiger partial charge in [0.25, 0.3) is 20.0 Å². The molecule has 0 amide bonds. The van der Waals surface area contributed by atoms with E-state index in [1.165, 1.54) is 33.5 Å². The number of aromatic nitrogens is 2. The Balaban J connectivity index is 2.15. The topological polar surface area (TPSA) is 151 Å². The van der Waals surface area contributed by atoms with Crippen molar-refractivity contribution >= 4 is 36.5 Å². The molecule has 2 N–H and O–H groups in total. The molecule has 0 saturated carbocycles. The van der Waals surface area contributed by atoms with E-state index >= 15 is 0 Å². The number of nitrogens with two attached hydrogens (primary N) is 1. The molecule has 0 radical (unpaired) electrons. The van der Waals surface area contributed by atoms with Gasteiger partial charge in [0.15, 0.2) is 11.5 Å². The van der Waals surface area contributed by atoms with Crippen molar-refractivity contribution < 1.29 is 31.0 Å². The molecule has 0 aliphatic rings. The Bertz CT molecular complexity index is 1280. The minimum Gasteiger partial charge on any atom is -0.493 e. The highest BCUT2D eigenvalue weighted by Crippen LogP contribution is 2.39. The monoisotopic (exact) mass is 500 g/mol. The first-order valence-corrected chi connectivity index (χ1v) is 12.6. The van der Waals surface area contributed by atoms with Gasteiger partial charge in [0.1, 0.15) is 0 Å². The third-order valence-electron chi connectivity index (χ3n) is 4.23. The van der Waals surface area contributed by atoms with Crippen LogP contribution < -0.4 is 23.7 Å². The SMILES string of the molecule is COc1cc(CN(c2nnc(S(N)(=O)=O)s2)S(=O)(=O)c2ccccc2)cc(OC)c1OC. The van der Waals surface area contributed by atoms with Crippen molar-refractivity contribution in [2.75, 3.05) is 25.6 Å². The summed E-state index contributed by atoms with van der Waals surface area (Å²) in [7, 11) is -4.00. The zero-order valence-electron chi connectivity index (χ0n) is 17.3. The maximum Gasteiger partial charge on any atom is 0.267 e. The molecular formula is C18H20N4O7S3. The molecule has 0 unspecified atom stereocenters. The lowest BCUT2D eigenvalue weighted by atomic mass is 10.2. The van der Waals surface area contributed by atoms with Crippen molar-refractivity contribution in [3.05, 3.63) is 48.0 Å². The fraction of sp³-hybridized carbons (Fsp3) is 0.222. The fourth-order valence-electron chi connectivity index (χ4n) is 2.79. The Morgan fingerprint density at radius 3 is 2.00 bits per heavy atom. The van der Waals surface area contributed by atoms with Gasteiger partial charge in [0.05, 0.1) is 32.8 Å². The van der Waals surface area contributed by atoms with Crippen LogP contribution in [0.5, 0.6) is 17.2 Å². The highest BCUT2D eigenvalue weighted by Gasteiger charge is 2.30. The molecule has 3 aromatic rings. The summed E-state index contributed by atoms with van der Waals surface area (Å²) in [4.78, 5) is -0.0141. The number of sulfonamides is 2. The van der Waals surface area contributed by atoms with Crippen LogP contribution in [0.1, 0.15) is 5.56 Å². The van der Waals surface area contributed by atoms with E-state index in [2.05, 4.69) is 10.2 Å². The molecule has 3 rings (SSSR count). The molecule has 0 aliphatic heterocycles. The quantitative estimate of drug-likeness (QED) is 0.462. The normalized spacial score (nSPS) is 11.8. The van der Waals surface area contributed by atoms with Crippen LogP contribution in [0.2, 0.25) is 0 Å². The van der Waals surface area contributed by atoms with Gasteiger partial charge in [-0.15, -0.1) is 10.2 Å². The molecule has 32 heavy (non-hydrogen) atoms. The number of anilines is 1. The predicted molar refractivity (Wildman–Crippen MR) is 117 cm³/mol. The lowest BCUT2D eigenvalue weighted by molar-refractivity contribution is 0.324. The maximum absolute atomic E-state index is 13.4. The van der Waals surface area contributed by atoms with E-state index in [9.17, 15) is 16.8 Å². The Morgan fingerprint density at radius 2 is 1.53 bits per heavy atom. The second-order valence-electron chi connectivity index (χ2n) is 6.25. The van der Waals surface area contributed by atoms with E-state index in [4.69, 9.17) is 19.3 Å². The molecule has 11 nitrogen and oxygen atoms in total. The van der Waals surface area contributed by atoms with Crippen LogP contribution in [0, 0.1) is 0 Å². The number of hydrogen-bond donors (Lipinski definition) is 1. The molecule has 0 atom stereocenters. The maximum atomic E-state index is 13.4. The third kappa shape index (κ3) is 4.77. The van der Waals surface area contributed by atoms with E-state index in [0.29, 0.717) is 34.1 Å². The molecular weight excluding hydrogens is 480 g/mol. The first kappa shape index (κ1) is 23.7. The van der Waals surface area contributed by atoms with Crippen LogP contribution >= 0.6 is 11.3 Å². The summed E-state index contributed by atoms with van der Waals surface area (Å²) >= 11 is 0.541. The van der Waals surface area contributed by atoms with Gasteiger partial charge in [-0.1, -0.05) is 29.5 Å². The molecule has 0 bridgehead atoms. The summed E-state index contributed by atoms with van der Waals surface area (Å²) in [5.74, 6) is 0.978. The minimum absolute atomic E-state index is 0.0141. The number of nitrogens with zero attached hydrogens (tertiary/aromatic N) is 3. The largest absolute Gasteiger partial charge is 0.493 e. The Kier molecular flexibility index (Phi) is 6.88. The number of rotatable bonds is 9. The lowest BCUT2D eigenvalue weighted by Gasteiger charge is -2.22. The second kappa shape index (κ2) is 9.28. The number of methoxy groups -OCH3 is 3. The standard InChI is InChI=1S/C18H20N4O7S3/c1-27-14-9-12(10-15(28-2)16(14)29-3)11-22(17-20-21-18(30-17)31(19,23)24)32(25,26)13-7-5-4-6-8-13/h4-10H,11H2,1-3H3,(H2,19,23,24). The smallest absolute Gasteiger partial charge is 0.267 e. The Labute approximate surface area is 189 Å². The first-order chi connectivity index (χ1) is 15.1. The number of benzene rings is 2. The van der Waals surface area contributed by atoms with Gasteiger partial charge >= 0.3 is 0 Å². The first-order valence-electron chi connectivity index (χ1n) is 8.84. The summed E-state index contributed by atoms with van der Waals surface area (Å²) in [6, 6.07) is 10.8. The fourth-order valence-corrected chi connectivity index (χ4v) is 5.84. The summed E-state index contributed by atoms with van der Waals surface area (Å²) in [5.41, 5.74) is 0.464. The molecule has 172 valence electrons.